The second-order valence-electron chi connectivity index (χ2n) is 4.21. The van der Waals surface area contributed by atoms with Crippen molar-refractivity contribution in [3.8, 4) is 0 Å². The number of rotatable bonds is 11. The maximum atomic E-state index is 10.4. The molecule has 0 aliphatic rings. The van der Waals surface area contributed by atoms with Gasteiger partial charge in [-0.1, -0.05) is 44.8 Å². The smallest absolute Gasteiger partial charge is 0.299 e. The molecule has 0 heterocycles. The van der Waals surface area contributed by atoms with E-state index in [-0.39, 0.29) is 5.97 Å². The summed E-state index contributed by atoms with van der Waals surface area (Å²) < 4.78 is 0. The highest BCUT2D eigenvalue weighted by molar-refractivity contribution is 5.65. The molecule has 100 valence electrons. The van der Waals surface area contributed by atoms with Crippen LogP contribution in [0, 0.1) is 0 Å². The van der Waals surface area contributed by atoms with E-state index in [1.807, 2.05) is 0 Å². The quantitative estimate of drug-likeness (QED) is 0.236. The van der Waals surface area contributed by atoms with Gasteiger partial charge in [-0.2, -0.15) is 4.89 Å². The summed E-state index contributed by atoms with van der Waals surface area (Å²) in [6, 6.07) is 0. The van der Waals surface area contributed by atoms with E-state index in [2.05, 4.69) is 24.0 Å². The first-order valence-electron chi connectivity index (χ1n) is 6.72. The first-order valence-corrected chi connectivity index (χ1v) is 6.72. The Morgan fingerprint density at radius 3 is 2.35 bits per heavy atom. The molecule has 0 unspecified atom stereocenters. The van der Waals surface area contributed by atoms with Crippen molar-refractivity contribution in [3.63, 3.8) is 0 Å². The third-order valence-corrected chi connectivity index (χ3v) is 2.40. The summed E-state index contributed by atoms with van der Waals surface area (Å²) in [4.78, 5) is 19.5. The molecule has 17 heavy (non-hydrogen) atoms. The summed E-state index contributed by atoms with van der Waals surface area (Å²) >= 11 is 0. The van der Waals surface area contributed by atoms with Gasteiger partial charge in [-0.25, -0.2) is 4.79 Å². The number of allylic oxidation sites excluding steroid dienone is 2. The van der Waals surface area contributed by atoms with Gasteiger partial charge in [0.25, 0.3) is 0 Å². The average molecular weight is 242 g/mol. The highest BCUT2D eigenvalue weighted by atomic mass is 17.2. The summed E-state index contributed by atoms with van der Waals surface area (Å²) in [6.07, 6.45) is 14.1. The van der Waals surface area contributed by atoms with E-state index < -0.39 is 0 Å². The fourth-order valence-electron chi connectivity index (χ4n) is 1.48. The number of hydrogen-bond donors (Lipinski definition) is 0. The highest BCUT2D eigenvalue weighted by Crippen LogP contribution is 2.06. The molecule has 0 saturated heterocycles. The predicted octanol–water partition coefficient (Wildman–Crippen LogP) is 4.18. The third kappa shape index (κ3) is 15.2. The third-order valence-electron chi connectivity index (χ3n) is 2.40. The molecule has 0 rings (SSSR count). The summed E-state index contributed by atoms with van der Waals surface area (Å²) in [5.41, 5.74) is 0. The van der Waals surface area contributed by atoms with Gasteiger partial charge in [0.15, 0.2) is 0 Å². The van der Waals surface area contributed by atoms with E-state index in [4.69, 9.17) is 4.89 Å². The topological polar surface area (TPSA) is 35.5 Å². The van der Waals surface area contributed by atoms with Gasteiger partial charge >= 0.3 is 5.97 Å². The standard InChI is InChI=1S/C14H26O3/c1-3-4-5-6-7-8-9-10-11-12-13-16-17-14(2)15/h5-6H,3-4,7-13H2,1-2H3. The minimum Gasteiger partial charge on any atom is -0.299 e. The van der Waals surface area contributed by atoms with Gasteiger partial charge in [-0.05, 0) is 25.7 Å². The zero-order valence-corrected chi connectivity index (χ0v) is 11.2. The Morgan fingerprint density at radius 1 is 1.00 bits per heavy atom. The molecule has 0 aromatic rings. The maximum Gasteiger partial charge on any atom is 0.339 e. The van der Waals surface area contributed by atoms with E-state index in [0.717, 1.165) is 12.8 Å². The Bertz CT molecular complexity index is 200. The van der Waals surface area contributed by atoms with Crippen LogP contribution < -0.4 is 0 Å². The van der Waals surface area contributed by atoms with Gasteiger partial charge in [-0.3, -0.25) is 4.89 Å². The summed E-state index contributed by atoms with van der Waals surface area (Å²) in [6.45, 7) is 4.05. The van der Waals surface area contributed by atoms with Crippen molar-refractivity contribution in [1.29, 1.82) is 0 Å². The molecular formula is C14H26O3. The normalized spacial score (nSPS) is 10.9. The van der Waals surface area contributed by atoms with E-state index in [9.17, 15) is 4.79 Å². The van der Waals surface area contributed by atoms with Crippen LogP contribution in [-0.4, -0.2) is 12.6 Å². The fraction of sp³-hybridized carbons (Fsp3) is 0.786. The summed E-state index contributed by atoms with van der Waals surface area (Å²) in [5, 5.41) is 0. The molecule has 0 N–H and O–H groups in total. The molecule has 0 amide bonds. The van der Waals surface area contributed by atoms with Crippen LogP contribution in [0.3, 0.4) is 0 Å². The number of carbonyl (C=O) groups is 1. The molecule has 0 fully saturated rings. The Kier molecular flexibility index (Phi) is 12.6. The SMILES string of the molecule is CCCC=CCCCCCCCOOC(C)=O. The molecule has 0 atom stereocenters. The lowest BCUT2D eigenvalue weighted by Crippen LogP contribution is -2.01. The zero-order valence-electron chi connectivity index (χ0n) is 11.2. The van der Waals surface area contributed by atoms with Gasteiger partial charge in [0.1, 0.15) is 0 Å². The summed E-state index contributed by atoms with van der Waals surface area (Å²) in [5.74, 6) is -0.385. The second kappa shape index (κ2) is 13.2. The van der Waals surface area contributed by atoms with E-state index >= 15 is 0 Å². The first kappa shape index (κ1) is 16.2. The molecule has 0 aliphatic carbocycles. The highest BCUT2D eigenvalue weighted by Gasteiger charge is 1.94. The minimum absolute atomic E-state index is 0.385. The van der Waals surface area contributed by atoms with Crippen LogP contribution in [0.25, 0.3) is 0 Å². The van der Waals surface area contributed by atoms with Gasteiger partial charge in [-0.15, -0.1) is 0 Å². The zero-order chi connectivity index (χ0) is 12.8. The lowest BCUT2D eigenvalue weighted by Gasteiger charge is -2.01. The van der Waals surface area contributed by atoms with Crippen molar-refractivity contribution in [3.05, 3.63) is 12.2 Å². The molecule has 3 nitrogen and oxygen atoms in total. The van der Waals surface area contributed by atoms with Crippen molar-refractivity contribution in [2.24, 2.45) is 0 Å². The van der Waals surface area contributed by atoms with Crippen molar-refractivity contribution in [1.82, 2.24) is 0 Å². The maximum absolute atomic E-state index is 10.4. The van der Waals surface area contributed by atoms with Crippen LogP contribution in [0.4, 0.5) is 0 Å². The lowest BCUT2D eigenvalue weighted by molar-refractivity contribution is -0.270. The van der Waals surface area contributed by atoms with E-state index in [1.54, 1.807) is 0 Å². The predicted molar refractivity (Wildman–Crippen MR) is 69.5 cm³/mol. The van der Waals surface area contributed by atoms with Crippen molar-refractivity contribution in [2.75, 3.05) is 6.61 Å². The summed E-state index contributed by atoms with van der Waals surface area (Å²) in [7, 11) is 0. The van der Waals surface area contributed by atoms with Crippen LogP contribution in [-0.2, 0) is 14.6 Å². The van der Waals surface area contributed by atoms with Crippen molar-refractivity contribution >= 4 is 5.97 Å². The van der Waals surface area contributed by atoms with Crippen molar-refractivity contribution < 1.29 is 14.6 Å². The molecular weight excluding hydrogens is 216 g/mol. The number of carbonyl (C=O) groups excluding carboxylic acids is 1. The van der Waals surface area contributed by atoms with Gasteiger partial charge < -0.3 is 0 Å². The molecule has 0 spiro atoms. The largest absolute Gasteiger partial charge is 0.339 e. The van der Waals surface area contributed by atoms with Gasteiger partial charge in [0, 0.05) is 6.92 Å². The molecule has 0 aromatic heterocycles. The molecule has 0 aliphatic heterocycles. The van der Waals surface area contributed by atoms with Crippen LogP contribution in [0.1, 0.15) is 65.2 Å². The minimum atomic E-state index is -0.385. The monoisotopic (exact) mass is 242 g/mol. The van der Waals surface area contributed by atoms with E-state index in [0.29, 0.717) is 6.61 Å². The Labute approximate surface area is 105 Å². The lowest BCUT2D eigenvalue weighted by atomic mass is 10.1. The average Bonchev–Trinajstić information content (AvgIpc) is 2.30. The molecule has 0 radical (unpaired) electrons. The van der Waals surface area contributed by atoms with Crippen LogP contribution in [0.2, 0.25) is 0 Å². The second-order valence-corrected chi connectivity index (χ2v) is 4.21. The van der Waals surface area contributed by atoms with Gasteiger partial charge in [0.2, 0.25) is 0 Å². The van der Waals surface area contributed by atoms with Crippen LogP contribution in [0.15, 0.2) is 12.2 Å². The number of unbranched alkanes of at least 4 members (excludes halogenated alkanes) is 6. The van der Waals surface area contributed by atoms with Gasteiger partial charge in [0.05, 0.1) is 6.61 Å². The molecule has 0 aromatic carbocycles. The van der Waals surface area contributed by atoms with Crippen LogP contribution in [0.5, 0.6) is 0 Å². The first-order chi connectivity index (χ1) is 8.27. The Morgan fingerprint density at radius 2 is 1.65 bits per heavy atom. The molecule has 3 heteroatoms. The van der Waals surface area contributed by atoms with Crippen molar-refractivity contribution in [2.45, 2.75) is 65.2 Å². The Balaban J connectivity index is 3.01. The Hall–Kier alpha value is -0.830. The van der Waals surface area contributed by atoms with E-state index in [1.165, 1.54) is 45.4 Å². The van der Waals surface area contributed by atoms with Crippen LogP contribution >= 0.6 is 0 Å². The molecule has 0 saturated carbocycles. The molecule has 0 bridgehead atoms. The fourth-order valence-corrected chi connectivity index (χ4v) is 1.48. The number of hydrogen-bond acceptors (Lipinski definition) is 3.